The molecule has 0 spiro atoms. The summed E-state index contributed by atoms with van der Waals surface area (Å²) in [4.78, 5) is 0. The molecule has 19 heavy (non-hydrogen) atoms. The molecule has 1 saturated carbocycles. The summed E-state index contributed by atoms with van der Waals surface area (Å²) in [5.41, 5.74) is 0.821. The predicted octanol–water partition coefficient (Wildman–Crippen LogP) is 6.01. The van der Waals surface area contributed by atoms with Gasteiger partial charge in [0.2, 0.25) is 0 Å². The maximum absolute atomic E-state index is 13.2. The summed E-state index contributed by atoms with van der Waals surface area (Å²) < 4.78 is 13.9. The number of hydrogen-bond acceptors (Lipinski definition) is 1. The van der Waals surface area contributed by atoms with Crippen LogP contribution in [0.2, 0.25) is 5.02 Å². The maximum Gasteiger partial charge on any atom is 0.125 e. The fraction of sp³-hybridized carbons (Fsp3) is 0.600. The average molecular weight is 349 g/mol. The van der Waals surface area contributed by atoms with Crippen molar-refractivity contribution in [3.8, 4) is 0 Å². The second-order valence-corrected chi connectivity index (χ2v) is 6.66. The van der Waals surface area contributed by atoms with Gasteiger partial charge in [-0.05, 0) is 59.7 Å². The molecule has 1 fully saturated rings. The Morgan fingerprint density at radius 2 is 2.00 bits per heavy atom. The summed E-state index contributed by atoms with van der Waals surface area (Å²) in [6.45, 7) is 2.25. The van der Waals surface area contributed by atoms with Crippen molar-refractivity contribution in [3.05, 3.63) is 27.4 Å². The van der Waals surface area contributed by atoms with Gasteiger partial charge in [0.05, 0.1) is 10.7 Å². The Kier molecular flexibility index (Phi) is 5.52. The summed E-state index contributed by atoms with van der Waals surface area (Å²) in [5, 5.41) is 3.91. The standard InChI is InChI=1S/C15H20BrClFN/c1-2-3-10-4-6-12(7-5-10)19-15-13(16)8-11(18)9-14(15)17/h8-10,12,19H,2-7H2,1H3. The number of benzene rings is 1. The summed E-state index contributed by atoms with van der Waals surface area (Å²) in [6.07, 6.45) is 7.52. The van der Waals surface area contributed by atoms with E-state index in [-0.39, 0.29) is 5.82 Å². The lowest BCUT2D eigenvalue weighted by molar-refractivity contribution is 0.319. The summed E-state index contributed by atoms with van der Waals surface area (Å²) in [6, 6.07) is 3.27. The van der Waals surface area contributed by atoms with Crippen molar-refractivity contribution in [3.63, 3.8) is 0 Å². The molecule has 1 aromatic rings. The van der Waals surface area contributed by atoms with E-state index in [1.165, 1.54) is 50.7 Å². The van der Waals surface area contributed by atoms with Crippen molar-refractivity contribution in [1.29, 1.82) is 0 Å². The van der Waals surface area contributed by atoms with Gasteiger partial charge in [-0.3, -0.25) is 0 Å². The molecule has 0 aromatic heterocycles. The molecule has 1 aromatic carbocycles. The van der Waals surface area contributed by atoms with Crippen molar-refractivity contribution in [2.24, 2.45) is 5.92 Å². The zero-order valence-electron chi connectivity index (χ0n) is 11.2. The van der Waals surface area contributed by atoms with Crippen molar-refractivity contribution in [1.82, 2.24) is 0 Å². The molecule has 0 amide bonds. The fourth-order valence-electron chi connectivity index (χ4n) is 2.89. The van der Waals surface area contributed by atoms with Gasteiger partial charge in [-0.25, -0.2) is 4.39 Å². The summed E-state index contributed by atoms with van der Waals surface area (Å²) in [7, 11) is 0. The summed E-state index contributed by atoms with van der Waals surface area (Å²) >= 11 is 9.47. The van der Waals surface area contributed by atoms with Crippen LogP contribution in [0.5, 0.6) is 0 Å². The van der Waals surface area contributed by atoms with Crippen LogP contribution in [-0.4, -0.2) is 6.04 Å². The van der Waals surface area contributed by atoms with Crippen LogP contribution in [-0.2, 0) is 0 Å². The maximum atomic E-state index is 13.2. The smallest absolute Gasteiger partial charge is 0.125 e. The third kappa shape index (κ3) is 4.09. The first-order valence-corrected chi connectivity index (χ1v) is 8.18. The molecule has 0 heterocycles. The van der Waals surface area contributed by atoms with Crippen LogP contribution in [0, 0.1) is 11.7 Å². The molecule has 4 heteroatoms. The Balaban J connectivity index is 1.96. The zero-order valence-corrected chi connectivity index (χ0v) is 13.5. The predicted molar refractivity (Wildman–Crippen MR) is 83.4 cm³/mol. The van der Waals surface area contributed by atoms with Gasteiger partial charge in [0.1, 0.15) is 5.82 Å². The van der Waals surface area contributed by atoms with E-state index in [0.29, 0.717) is 15.5 Å². The van der Waals surface area contributed by atoms with E-state index in [2.05, 4.69) is 28.2 Å². The minimum absolute atomic E-state index is 0.311. The minimum atomic E-state index is -0.311. The molecule has 0 saturated heterocycles. The number of rotatable bonds is 4. The highest BCUT2D eigenvalue weighted by Crippen LogP contribution is 2.35. The topological polar surface area (TPSA) is 12.0 Å². The molecule has 1 aliphatic carbocycles. The van der Waals surface area contributed by atoms with E-state index >= 15 is 0 Å². The van der Waals surface area contributed by atoms with Crippen molar-refractivity contribution in [2.75, 3.05) is 5.32 Å². The van der Waals surface area contributed by atoms with Crippen LogP contribution in [0.25, 0.3) is 0 Å². The summed E-state index contributed by atoms with van der Waals surface area (Å²) in [5.74, 6) is 0.573. The van der Waals surface area contributed by atoms with Crippen molar-refractivity contribution < 1.29 is 4.39 Å². The molecule has 1 nitrogen and oxygen atoms in total. The monoisotopic (exact) mass is 347 g/mol. The second kappa shape index (κ2) is 6.94. The molecular formula is C15H20BrClFN. The largest absolute Gasteiger partial charge is 0.380 e. The molecular weight excluding hydrogens is 329 g/mol. The van der Waals surface area contributed by atoms with Gasteiger partial charge in [-0.2, -0.15) is 0 Å². The van der Waals surface area contributed by atoms with Gasteiger partial charge >= 0.3 is 0 Å². The highest BCUT2D eigenvalue weighted by molar-refractivity contribution is 9.10. The van der Waals surface area contributed by atoms with E-state index < -0.39 is 0 Å². The SMILES string of the molecule is CCCC1CCC(Nc2c(Cl)cc(F)cc2Br)CC1. The lowest BCUT2D eigenvalue weighted by Gasteiger charge is -2.30. The van der Waals surface area contributed by atoms with Crippen LogP contribution in [0.4, 0.5) is 10.1 Å². The fourth-order valence-corrected chi connectivity index (χ4v) is 3.81. The van der Waals surface area contributed by atoms with Gasteiger partial charge in [-0.1, -0.05) is 31.4 Å². The average Bonchev–Trinajstić information content (AvgIpc) is 2.36. The highest BCUT2D eigenvalue weighted by Gasteiger charge is 2.21. The van der Waals surface area contributed by atoms with Gasteiger partial charge < -0.3 is 5.32 Å². The molecule has 1 aliphatic rings. The Morgan fingerprint density at radius 1 is 1.32 bits per heavy atom. The van der Waals surface area contributed by atoms with Gasteiger partial charge in [0.15, 0.2) is 0 Å². The first-order chi connectivity index (χ1) is 9.10. The van der Waals surface area contributed by atoms with Crippen LogP contribution in [0.1, 0.15) is 45.4 Å². The van der Waals surface area contributed by atoms with Crippen LogP contribution in [0.15, 0.2) is 16.6 Å². The Labute approximate surface area is 128 Å². The van der Waals surface area contributed by atoms with E-state index in [9.17, 15) is 4.39 Å². The minimum Gasteiger partial charge on any atom is -0.380 e. The first-order valence-electron chi connectivity index (χ1n) is 7.01. The quantitative estimate of drug-likeness (QED) is 0.702. The van der Waals surface area contributed by atoms with Crippen LogP contribution < -0.4 is 5.32 Å². The molecule has 0 aliphatic heterocycles. The van der Waals surface area contributed by atoms with Crippen LogP contribution >= 0.6 is 27.5 Å². The third-order valence-corrected chi connectivity index (χ3v) is 4.82. The zero-order chi connectivity index (χ0) is 13.8. The molecule has 2 rings (SSSR count). The molecule has 0 unspecified atom stereocenters. The number of nitrogens with one attached hydrogen (secondary N) is 1. The number of hydrogen-bond donors (Lipinski definition) is 1. The molecule has 0 radical (unpaired) electrons. The highest BCUT2D eigenvalue weighted by atomic mass is 79.9. The molecule has 0 atom stereocenters. The Morgan fingerprint density at radius 3 is 2.58 bits per heavy atom. The number of anilines is 1. The van der Waals surface area contributed by atoms with Crippen molar-refractivity contribution >= 4 is 33.2 Å². The second-order valence-electron chi connectivity index (χ2n) is 5.40. The van der Waals surface area contributed by atoms with E-state index in [1.807, 2.05) is 0 Å². The first kappa shape index (κ1) is 15.1. The molecule has 0 bridgehead atoms. The lowest BCUT2D eigenvalue weighted by Crippen LogP contribution is -2.26. The normalized spacial score (nSPS) is 23.4. The van der Waals surface area contributed by atoms with E-state index in [0.717, 1.165) is 11.6 Å². The van der Waals surface area contributed by atoms with Crippen LogP contribution in [0.3, 0.4) is 0 Å². The molecule has 106 valence electrons. The van der Waals surface area contributed by atoms with E-state index in [4.69, 9.17) is 11.6 Å². The van der Waals surface area contributed by atoms with Gasteiger partial charge in [-0.15, -0.1) is 0 Å². The van der Waals surface area contributed by atoms with Crippen molar-refractivity contribution in [2.45, 2.75) is 51.5 Å². The van der Waals surface area contributed by atoms with Gasteiger partial charge in [0.25, 0.3) is 0 Å². The number of halogens is 3. The Bertz CT molecular complexity index is 407. The third-order valence-electron chi connectivity index (χ3n) is 3.90. The lowest BCUT2D eigenvalue weighted by atomic mass is 9.83. The molecule has 1 N–H and O–H groups in total. The van der Waals surface area contributed by atoms with Gasteiger partial charge in [0, 0.05) is 10.5 Å². The Hall–Kier alpha value is -0.280. The van der Waals surface area contributed by atoms with E-state index in [1.54, 1.807) is 0 Å².